The van der Waals surface area contributed by atoms with Gasteiger partial charge >= 0.3 is 0 Å². The van der Waals surface area contributed by atoms with Crippen molar-refractivity contribution in [1.82, 2.24) is 4.90 Å². The highest BCUT2D eigenvalue weighted by atomic mass is 35.5. The topological polar surface area (TPSA) is 40.5 Å². The Bertz CT molecular complexity index is 396. The molecule has 0 aliphatic rings. The van der Waals surface area contributed by atoms with Crippen LogP contribution in [0.1, 0.15) is 12.5 Å². The molecule has 0 aliphatic carbocycles. The molecule has 0 aliphatic heterocycles. The van der Waals surface area contributed by atoms with Crippen LogP contribution < -0.4 is 0 Å². The van der Waals surface area contributed by atoms with Crippen LogP contribution in [-0.4, -0.2) is 29.1 Å². The minimum absolute atomic E-state index is 0.0235. The first-order valence-corrected chi connectivity index (χ1v) is 5.16. The van der Waals surface area contributed by atoms with E-state index in [0.29, 0.717) is 5.56 Å². The van der Waals surface area contributed by atoms with E-state index in [1.54, 1.807) is 13.1 Å². The molecule has 1 aromatic carbocycles. The lowest BCUT2D eigenvalue weighted by Gasteiger charge is -2.18. The van der Waals surface area contributed by atoms with Crippen LogP contribution in [-0.2, 0) is 11.3 Å². The summed E-state index contributed by atoms with van der Waals surface area (Å²) >= 11 is 5.61. The number of aliphatic hydroxyl groups is 1. The zero-order valence-electron chi connectivity index (χ0n) is 9.08. The highest BCUT2D eigenvalue weighted by molar-refractivity contribution is 6.30. The van der Waals surface area contributed by atoms with Gasteiger partial charge in [-0.1, -0.05) is 17.7 Å². The maximum absolute atomic E-state index is 12.9. The smallest absolute Gasteiger partial charge is 0.251 e. The van der Waals surface area contributed by atoms with Gasteiger partial charge in [-0.25, -0.2) is 4.39 Å². The number of hydrogen-bond donors (Lipinski definition) is 1. The van der Waals surface area contributed by atoms with E-state index in [2.05, 4.69) is 0 Å². The standard InChI is InChI=1S/C11H13ClFNO2/c1-7(15)11(16)14(2)6-8-3-4-10(13)9(12)5-8/h3-5,7,15H,6H2,1-2H3. The molecule has 0 aromatic heterocycles. The quantitative estimate of drug-likeness (QED) is 0.883. The Morgan fingerprint density at radius 2 is 2.25 bits per heavy atom. The van der Waals surface area contributed by atoms with Crippen molar-refractivity contribution in [3.8, 4) is 0 Å². The summed E-state index contributed by atoms with van der Waals surface area (Å²) in [6, 6.07) is 4.26. The average molecular weight is 246 g/mol. The number of benzene rings is 1. The van der Waals surface area contributed by atoms with Gasteiger partial charge in [-0.05, 0) is 24.6 Å². The molecule has 0 saturated heterocycles. The van der Waals surface area contributed by atoms with E-state index in [0.717, 1.165) is 0 Å². The van der Waals surface area contributed by atoms with Crippen molar-refractivity contribution in [2.45, 2.75) is 19.6 Å². The minimum atomic E-state index is -1.04. The zero-order valence-corrected chi connectivity index (χ0v) is 9.83. The van der Waals surface area contributed by atoms with E-state index in [-0.39, 0.29) is 17.5 Å². The number of aliphatic hydroxyl groups excluding tert-OH is 1. The SMILES string of the molecule is CC(O)C(=O)N(C)Cc1ccc(F)c(Cl)c1. The van der Waals surface area contributed by atoms with Gasteiger partial charge in [0.05, 0.1) is 5.02 Å². The van der Waals surface area contributed by atoms with Gasteiger partial charge in [-0.2, -0.15) is 0 Å². The fourth-order valence-corrected chi connectivity index (χ4v) is 1.51. The minimum Gasteiger partial charge on any atom is -0.384 e. The molecule has 0 fully saturated rings. The van der Waals surface area contributed by atoms with Gasteiger partial charge in [0, 0.05) is 13.6 Å². The molecule has 0 radical (unpaired) electrons. The lowest BCUT2D eigenvalue weighted by molar-refractivity contribution is -0.138. The zero-order chi connectivity index (χ0) is 12.3. The van der Waals surface area contributed by atoms with Crippen LogP contribution >= 0.6 is 11.6 Å². The van der Waals surface area contributed by atoms with Crippen molar-refractivity contribution < 1.29 is 14.3 Å². The van der Waals surface area contributed by atoms with E-state index in [1.807, 2.05) is 0 Å². The molecule has 0 saturated carbocycles. The summed E-state index contributed by atoms with van der Waals surface area (Å²) in [4.78, 5) is 12.7. The molecular formula is C11H13ClFNO2. The maximum Gasteiger partial charge on any atom is 0.251 e. The first-order chi connectivity index (χ1) is 7.41. The van der Waals surface area contributed by atoms with Gasteiger partial charge < -0.3 is 10.0 Å². The molecule has 1 N–H and O–H groups in total. The summed E-state index contributed by atoms with van der Waals surface area (Å²) in [5.74, 6) is -0.879. The molecule has 1 amide bonds. The third-order valence-electron chi connectivity index (χ3n) is 2.14. The van der Waals surface area contributed by atoms with E-state index in [9.17, 15) is 9.18 Å². The van der Waals surface area contributed by atoms with Crippen LogP contribution in [0.4, 0.5) is 4.39 Å². The van der Waals surface area contributed by atoms with Crippen molar-refractivity contribution in [3.05, 3.63) is 34.6 Å². The van der Waals surface area contributed by atoms with Crippen LogP contribution in [0.15, 0.2) is 18.2 Å². The molecule has 3 nitrogen and oxygen atoms in total. The molecule has 0 heterocycles. The Morgan fingerprint density at radius 3 is 2.75 bits per heavy atom. The molecule has 1 unspecified atom stereocenters. The van der Waals surface area contributed by atoms with Crippen LogP contribution in [0.2, 0.25) is 5.02 Å². The predicted molar refractivity (Wildman–Crippen MR) is 59.6 cm³/mol. The third kappa shape index (κ3) is 3.18. The van der Waals surface area contributed by atoms with Crippen molar-refractivity contribution in [1.29, 1.82) is 0 Å². The molecular weight excluding hydrogens is 233 g/mol. The number of likely N-dealkylation sites (N-methyl/N-ethyl adjacent to an activating group) is 1. The molecule has 16 heavy (non-hydrogen) atoms. The van der Waals surface area contributed by atoms with Crippen LogP contribution in [0.5, 0.6) is 0 Å². The molecule has 0 bridgehead atoms. The molecule has 1 rings (SSSR count). The molecule has 1 atom stereocenters. The van der Waals surface area contributed by atoms with Gasteiger partial charge in [0.25, 0.3) is 5.91 Å². The van der Waals surface area contributed by atoms with Crippen molar-refractivity contribution in [2.75, 3.05) is 7.05 Å². The number of rotatable bonds is 3. The fourth-order valence-electron chi connectivity index (χ4n) is 1.31. The second-order valence-electron chi connectivity index (χ2n) is 3.62. The Morgan fingerprint density at radius 1 is 1.62 bits per heavy atom. The van der Waals surface area contributed by atoms with Gasteiger partial charge in [0.15, 0.2) is 0 Å². The van der Waals surface area contributed by atoms with Crippen molar-refractivity contribution in [3.63, 3.8) is 0 Å². The van der Waals surface area contributed by atoms with Crippen molar-refractivity contribution in [2.24, 2.45) is 0 Å². The summed E-state index contributed by atoms with van der Waals surface area (Å²) < 4.78 is 12.9. The summed E-state index contributed by atoms with van der Waals surface area (Å²) in [5.41, 5.74) is 0.711. The number of hydrogen-bond acceptors (Lipinski definition) is 2. The first-order valence-electron chi connectivity index (χ1n) is 4.78. The highest BCUT2D eigenvalue weighted by Gasteiger charge is 2.14. The monoisotopic (exact) mass is 245 g/mol. The third-order valence-corrected chi connectivity index (χ3v) is 2.43. The molecule has 5 heteroatoms. The Balaban J connectivity index is 2.73. The van der Waals surface area contributed by atoms with Gasteiger partial charge in [0.2, 0.25) is 0 Å². The number of carbonyl (C=O) groups excluding carboxylic acids is 1. The van der Waals surface area contributed by atoms with E-state index < -0.39 is 11.9 Å². The number of amides is 1. The second kappa shape index (κ2) is 5.27. The van der Waals surface area contributed by atoms with E-state index >= 15 is 0 Å². The van der Waals surface area contributed by atoms with Crippen LogP contribution in [0.3, 0.4) is 0 Å². The van der Waals surface area contributed by atoms with E-state index in [4.69, 9.17) is 16.7 Å². The van der Waals surface area contributed by atoms with Crippen molar-refractivity contribution >= 4 is 17.5 Å². The average Bonchev–Trinajstić information content (AvgIpc) is 2.22. The van der Waals surface area contributed by atoms with Crippen LogP contribution in [0.25, 0.3) is 0 Å². The maximum atomic E-state index is 12.9. The number of halogens is 2. The fraction of sp³-hybridized carbons (Fsp3) is 0.364. The second-order valence-corrected chi connectivity index (χ2v) is 4.03. The number of nitrogens with zero attached hydrogens (tertiary/aromatic N) is 1. The summed E-state index contributed by atoms with van der Waals surface area (Å²) in [6.07, 6.45) is -1.04. The lowest BCUT2D eigenvalue weighted by Crippen LogP contribution is -2.34. The summed E-state index contributed by atoms with van der Waals surface area (Å²) in [7, 11) is 1.56. The molecule has 88 valence electrons. The predicted octanol–water partition coefficient (Wildman–Crippen LogP) is 1.82. The lowest BCUT2D eigenvalue weighted by atomic mass is 10.2. The van der Waals surface area contributed by atoms with Crippen LogP contribution in [0, 0.1) is 5.82 Å². The summed E-state index contributed by atoms with van der Waals surface area (Å²) in [6.45, 7) is 1.68. The Labute approximate surface area is 98.4 Å². The molecule has 1 aromatic rings. The normalized spacial score (nSPS) is 12.3. The van der Waals surface area contributed by atoms with Gasteiger partial charge in [0.1, 0.15) is 11.9 Å². The Hall–Kier alpha value is -1.13. The highest BCUT2D eigenvalue weighted by Crippen LogP contribution is 2.17. The van der Waals surface area contributed by atoms with E-state index in [1.165, 1.54) is 24.0 Å². The summed E-state index contributed by atoms with van der Waals surface area (Å²) in [5, 5.41) is 9.11. The molecule has 0 spiro atoms. The Kier molecular flexibility index (Phi) is 4.26. The number of carbonyl (C=O) groups is 1. The largest absolute Gasteiger partial charge is 0.384 e. The van der Waals surface area contributed by atoms with Gasteiger partial charge in [-0.3, -0.25) is 4.79 Å². The van der Waals surface area contributed by atoms with Gasteiger partial charge in [-0.15, -0.1) is 0 Å². The first kappa shape index (κ1) is 12.9.